The van der Waals surface area contributed by atoms with E-state index in [-0.39, 0.29) is 12.8 Å². The summed E-state index contributed by atoms with van der Waals surface area (Å²) in [7, 11) is 1.56. The van der Waals surface area contributed by atoms with E-state index in [1.165, 1.54) is 0 Å². The summed E-state index contributed by atoms with van der Waals surface area (Å²) in [6.45, 7) is 0. The monoisotopic (exact) mass is 352 g/mol. The molecule has 1 fully saturated rings. The molecule has 0 N–H and O–H groups in total. The molecule has 0 aromatic heterocycles. The molecule has 2 aromatic carbocycles. The van der Waals surface area contributed by atoms with Gasteiger partial charge >= 0.3 is 12.1 Å². The van der Waals surface area contributed by atoms with Gasteiger partial charge in [0.05, 0.1) is 18.9 Å². The molecule has 1 aliphatic rings. The fourth-order valence-electron chi connectivity index (χ4n) is 3.29. The SMILES string of the molecule is COc1ccc2ccc(OC(=O)C3CCCC(C(F)(F)F)C3)cc2c1. The minimum absolute atomic E-state index is 0.0864. The second kappa shape index (κ2) is 6.94. The number of hydrogen-bond donors (Lipinski definition) is 0. The van der Waals surface area contributed by atoms with Gasteiger partial charge in [0.2, 0.25) is 0 Å². The molecule has 0 bridgehead atoms. The topological polar surface area (TPSA) is 35.5 Å². The first-order chi connectivity index (χ1) is 11.9. The van der Waals surface area contributed by atoms with Crippen LogP contribution >= 0.6 is 0 Å². The van der Waals surface area contributed by atoms with Crippen LogP contribution in [0.5, 0.6) is 11.5 Å². The number of benzene rings is 2. The van der Waals surface area contributed by atoms with Crippen molar-refractivity contribution in [3.05, 3.63) is 36.4 Å². The molecule has 1 aliphatic carbocycles. The highest BCUT2D eigenvalue weighted by Crippen LogP contribution is 2.40. The number of fused-ring (bicyclic) bond motifs is 1. The van der Waals surface area contributed by atoms with E-state index < -0.39 is 24.0 Å². The van der Waals surface area contributed by atoms with Gasteiger partial charge in [-0.15, -0.1) is 0 Å². The number of rotatable bonds is 3. The van der Waals surface area contributed by atoms with Crippen molar-refractivity contribution in [2.45, 2.75) is 31.9 Å². The molecular weight excluding hydrogens is 333 g/mol. The lowest BCUT2D eigenvalue weighted by atomic mass is 9.81. The highest BCUT2D eigenvalue weighted by molar-refractivity contribution is 5.86. The smallest absolute Gasteiger partial charge is 0.391 e. The molecule has 0 aliphatic heterocycles. The van der Waals surface area contributed by atoms with E-state index in [2.05, 4.69) is 0 Å². The third-order valence-electron chi connectivity index (χ3n) is 4.71. The van der Waals surface area contributed by atoms with Crippen molar-refractivity contribution < 1.29 is 27.4 Å². The first-order valence-electron chi connectivity index (χ1n) is 8.23. The molecular formula is C19H19F3O3. The Morgan fingerprint density at radius 2 is 1.72 bits per heavy atom. The van der Waals surface area contributed by atoms with Gasteiger partial charge in [-0.05, 0) is 54.3 Å². The van der Waals surface area contributed by atoms with Gasteiger partial charge in [-0.3, -0.25) is 4.79 Å². The number of alkyl halides is 3. The van der Waals surface area contributed by atoms with E-state index in [1.807, 2.05) is 18.2 Å². The molecule has 3 nitrogen and oxygen atoms in total. The van der Waals surface area contributed by atoms with Gasteiger partial charge in [0.15, 0.2) is 0 Å². The van der Waals surface area contributed by atoms with Crippen LogP contribution in [0.2, 0.25) is 0 Å². The largest absolute Gasteiger partial charge is 0.497 e. The van der Waals surface area contributed by atoms with Crippen LogP contribution in [0.4, 0.5) is 13.2 Å². The lowest BCUT2D eigenvalue weighted by molar-refractivity contribution is -0.187. The summed E-state index contributed by atoms with van der Waals surface area (Å²) >= 11 is 0. The summed E-state index contributed by atoms with van der Waals surface area (Å²) in [4.78, 5) is 12.3. The predicted octanol–water partition coefficient (Wildman–Crippen LogP) is 5.12. The molecule has 2 atom stereocenters. The minimum Gasteiger partial charge on any atom is -0.497 e. The van der Waals surface area contributed by atoms with Crippen LogP contribution in [0.1, 0.15) is 25.7 Å². The first kappa shape index (κ1) is 17.6. The molecule has 0 spiro atoms. The average molecular weight is 352 g/mol. The number of methoxy groups -OCH3 is 1. The molecule has 2 aromatic rings. The fourth-order valence-corrected chi connectivity index (χ4v) is 3.29. The zero-order valence-corrected chi connectivity index (χ0v) is 13.8. The Balaban J connectivity index is 1.73. The van der Waals surface area contributed by atoms with E-state index in [9.17, 15) is 18.0 Å². The van der Waals surface area contributed by atoms with E-state index in [0.29, 0.717) is 24.3 Å². The maximum absolute atomic E-state index is 12.9. The van der Waals surface area contributed by atoms with Gasteiger partial charge in [-0.1, -0.05) is 18.6 Å². The molecule has 134 valence electrons. The van der Waals surface area contributed by atoms with Gasteiger partial charge in [-0.2, -0.15) is 13.2 Å². The summed E-state index contributed by atoms with van der Waals surface area (Å²) in [6, 6.07) is 10.7. The standard InChI is InChI=1S/C19H19F3O3/c1-24-16-7-5-12-6-8-17(11-14(12)10-16)25-18(23)13-3-2-4-15(9-13)19(20,21)22/h5-8,10-11,13,15H,2-4,9H2,1H3. The molecule has 0 heterocycles. The van der Waals surface area contributed by atoms with Crippen molar-refractivity contribution in [1.82, 2.24) is 0 Å². The lowest BCUT2D eigenvalue weighted by Crippen LogP contribution is -2.33. The van der Waals surface area contributed by atoms with Crippen LogP contribution in [0.15, 0.2) is 36.4 Å². The van der Waals surface area contributed by atoms with Crippen LogP contribution in [-0.2, 0) is 4.79 Å². The van der Waals surface area contributed by atoms with Crippen LogP contribution in [-0.4, -0.2) is 19.3 Å². The minimum atomic E-state index is -4.25. The molecule has 6 heteroatoms. The van der Waals surface area contributed by atoms with Crippen LogP contribution in [0.3, 0.4) is 0 Å². The van der Waals surface area contributed by atoms with Crippen molar-refractivity contribution in [2.75, 3.05) is 7.11 Å². The predicted molar refractivity (Wildman–Crippen MR) is 87.6 cm³/mol. The van der Waals surface area contributed by atoms with Crippen molar-refractivity contribution in [2.24, 2.45) is 11.8 Å². The third kappa shape index (κ3) is 4.06. The third-order valence-corrected chi connectivity index (χ3v) is 4.71. The normalized spacial score (nSPS) is 21.1. The first-order valence-corrected chi connectivity index (χ1v) is 8.23. The highest BCUT2D eigenvalue weighted by atomic mass is 19.4. The van der Waals surface area contributed by atoms with Gasteiger partial charge in [-0.25, -0.2) is 0 Å². The van der Waals surface area contributed by atoms with Crippen LogP contribution in [0, 0.1) is 11.8 Å². The number of halogens is 3. The molecule has 1 saturated carbocycles. The van der Waals surface area contributed by atoms with E-state index in [4.69, 9.17) is 9.47 Å². The molecule has 0 saturated heterocycles. The Kier molecular flexibility index (Phi) is 4.88. The molecule has 2 unspecified atom stereocenters. The summed E-state index contributed by atoms with van der Waals surface area (Å²) in [5.41, 5.74) is 0. The number of carbonyl (C=O) groups is 1. The average Bonchev–Trinajstić information content (AvgIpc) is 2.60. The van der Waals surface area contributed by atoms with E-state index in [0.717, 1.165) is 10.8 Å². The Bertz CT molecular complexity index is 770. The lowest BCUT2D eigenvalue weighted by Gasteiger charge is -2.29. The zero-order chi connectivity index (χ0) is 18.0. The number of hydrogen-bond acceptors (Lipinski definition) is 3. The number of ether oxygens (including phenoxy) is 2. The van der Waals surface area contributed by atoms with Crippen LogP contribution in [0.25, 0.3) is 10.8 Å². The summed E-state index contributed by atoms with van der Waals surface area (Å²) < 4.78 is 49.2. The summed E-state index contributed by atoms with van der Waals surface area (Å²) in [5.74, 6) is -1.70. The Morgan fingerprint density at radius 1 is 1.04 bits per heavy atom. The highest BCUT2D eigenvalue weighted by Gasteiger charge is 2.44. The molecule has 3 rings (SSSR count). The van der Waals surface area contributed by atoms with E-state index >= 15 is 0 Å². The van der Waals surface area contributed by atoms with Gasteiger partial charge in [0, 0.05) is 0 Å². The van der Waals surface area contributed by atoms with Crippen molar-refractivity contribution in [3.8, 4) is 11.5 Å². The van der Waals surface area contributed by atoms with Crippen molar-refractivity contribution in [1.29, 1.82) is 0 Å². The van der Waals surface area contributed by atoms with Crippen LogP contribution < -0.4 is 9.47 Å². The number of esters is 1. The number of carbonyl (C=O) groups excluding carboxylic acids is 1. The van der Waals surface area contributed by atoms with Gasteiger partial charge in [0.25, 0.3) is 0 Å². The van der Waals surface area contributed by atoms with Gasteiger partial charge < -0.3 is 9.47 Å². The second-order valence-electron chi connectivity index (χ2n) is 6.40. The second-order valence-corrected chi connectivity index (χ2v) is 6.40. The Hall–Kier alpha value is -2.24. The molecule has 25 heavy (non-hydrogen) atoms. The maximum Gasteiger partial charge on any atom is 0.391 e. The zero-order valence-electron chi connectivity index (χ0n) is 13.8. The molecule has 0 radical (unpaired) electrons. The summed E-state index contributed by atoms with van der Waals surface area (Å²) in [6.07, 6.45) is -3.53. The van der Waals surface area contributed by atoms with Crippen molar-refractivity contribution >= 4 is 16.7 Å². The molecule has 0 amide bonds. The Morgan fingerprint density at radius 3 is 2.40 bits per heavy atom. The Labute approximate surface area is 143 Å². The van der Waals surface area contributed by atoms with Crippen molar-refractivity contribution in [3.63, 3.8) is 0 Å². The van der Waals surface area contributed by atoms with Gasteiger partial charge in [0.1, 0.15) is 11.5 Å². The fraction of sp³-hybridized carbons (Fsp3) is 0.421. The van der Waals surface area contributed by atoms with E-state index in [1.54, 1.807) is 25.3 Å². The quantitative estimate of drug-likeness (QED) is 0.568. The maximum atomic E-state index is 12.9. The summed E-state index contributed by atoms with van der Waals surface area (Å²) in [5, 5.41) is 1.79.